The summed E-state index contributed by atoms with van der Waals surface area (Å²) >= 11 is 0. The molecule has 3 aromatic rings. The van der Waals surface area contributed by atoms with Gasteiger partial charge in [-0.1, -0.05) is 91.0 Å². The quantitative estimate of drug-likeness (QED) is 0.369. The summed E-state index contributed by atoms with van der Waals surface area (Å²) in [7, 11) is 0. The van der Waals surface area contributed by atoms with Crippen LogP contribution >= 0.6 is 0 Å². The van der Waals surface area contributed by atoms with Crippen LogP contribution in [-0.2, 0) is 38.8 Å². The third-order valence-electron chi connectivity index (χ3n) is 6.49. The fraction of sp³-hybridized carbons (Fsp3) is 0.400. The Hall–Kier alpha value is -2.54. The van der Waals surface area contributed by atoms with Crippen molar-refractivity contribution in [1.29, 1.82) is 0 Å². The molecule has 0 radical (unpaired) electrons. The highest BCUT2D eigenvalue weighted by atomic mass is 16.5. The number of ether oxygens (including phenoxy) is 4. The van der Waals surface area contributed by atoms with Gasteiger partial charge in [-0.2, -0.15) is 0 Å². The Morgan fingerprint density at radius 2 is 1.29 bits per heavy atom. The van der Waals surface area contributed by atoms with E-state index in [-0.39, 0.29) is 18.1 Å². The minimum atomic E-state index is -0.722. The monoisotopic (exact) mass is 476 g/mol. The van der Waals surface area contributed by atoms with Crippen LogP contribution in [0.2, 0.25) is 0 Å². The first-order valence-corrected chi connectivity index (χ1v) is 12.5. The Morgan fingerprint density at radius 3 is 1.86 bits per heavy atom. The first-order valence-electron chi connectivity index (χ1n) is 12.5. The fourth-order valence-electron chi connectivity index (χ4n) is 4.68. The molecule has 0 amide bonds. The SMILES string of the molecule is CCO[C@@H]1C[C@@H]([C@@H](COCc2ccccc2)OCc2ccccc2)[C@H](OCc2ccccc2)[C@H]1O. The average molecular weight is 477 g/mol. The molecule has 1 aliphatic rings. The molecule has 186 valence electrons. The normalized spacial score (nSPS) is 22.8. The molecule has 0 unspecified atom stereocenters. The van der Waals surface area contributed by atoms with Crippen molar-refractivity contribution in [2.24, 2.45) is 5.92 Å². The second-order valence-corrected chi connectivity index (χ2v) is 8.98. The lowest BCUT2D eigenvalue weighted by atomic mass is 9.98. The molecule has 0 aliphatic heterocycles. The Balaban J connectivity index is 1.48. The van der Waals surface area contributed by atoms with Crippen LogP contribution in [0.1, 0.15) is 30.0 Å². The van der Waals surface area contributed by atoms with Crippen LogP contribution in [0.3, 0.4) is 0 Å². The molecule has 0 bridgehead atoms. The van der Waals surface area contributed by atoms with Crippen LogP contribution in [0, 0.1) is 5.92 Å². The van der Waals surface area contributed by atoms with Gasteiger partial charge in [-0.05, 0) is 30.0 Å². The van der Waals surface area contributed by atoms with E-state index >= 15 is 0 Å². The second-order valence-electron chi connectivity index (χ2n) is 8.98. The predicted octanol–water partition coefficient (Wildman–Crippen LogP) is 5.16. The first kappa shape index (κ1) is 25.5. The zero-order valence-corrected chi connectivity index (χ0v) is 20.4. The summed E-state index contributed by atoms with van der Waals surface area (Å²) in [4.78, 5) is 0. The van der Waals surface area contributed by atoms with Crippen molar-refractivity contribution in [1.82, 2.24) is 0 Å². The third-order valence-corrected chi connectivity index (χ3v) is 6.49. The van der Waals surface area contributed by atoms with Crippen molar-refractivity contribution in [3.8, 4) is 0 Å². The van der Waals surface area contributed by atoms with Crippen molar-refractivity contribution in [2.75, 3.05) is 13.2 Å². The zero-order chi connectivity index (χ0) is 24.3. The highest BCUT2D eigenvalue weighted by molar-refractivity contribution is 5.15. The van der Waals surface area contributed by atoms with Crippen LogP contribution in [-0.4, -0.2) is 42.7 Å². The summed E-state index contributed by atoms with van der Waals surface area (Å²) in [5.74, 6) is -0.0650. The van der Waals surface area contributed by atoms with Crippen molar-refractivity contribution >= 4 is 0 Å². The Morgan fingerprint density at radius 1 is 0.743 bits per heavy atom. The van der Waals surface area contributed by atoms with E-state index in [9.17, 15) is 5.11 Å². The van der Waals surface area contributed by atoms with E-state index < -0.39 is 12.2 Å². The van der Waals surface area contributed by atoms with Gasteiger partial charge in [0.1, 0.15) is 6.10 Å². The number of rotatable bonds is 13. The first-order chi connectivity index (χ1) is 17.2. The summed E-state index contributed by atoms with van der Waals surface area (Å²) in [6, 6.07) is 30.3. The van der Waals surface area contributed by atoms with Gasteiger partial charge in [0, 0.05) is 12.5 Å². The van der Waals surface area contributed by atoms with Gasteiger partial charge in [-0.25, -0.2) is 0 Å². The second kappa shape index (κ2) is 13.5. The number of hydrogen-bond donors (Lipinski definition) is 1. The summed E-state index contributed by atoms with van der Waals surface area (Å²) in [6.45, 7) is 4.30. The lowest BCUT2D eigenvalue weighted by molar-refractivity contribution is -0.120. The number of aliphatic hydroxyl groups is 1. The third kappa shape index (κ3) is 7.47. The molecule has 1 fully saturated rings. The lowest BCUT2D eigenvalue weighted by Crippen LogP contribution is -2.40. The molecular weight excluding hydrogens is 440 g/mol. The maximum absolute atomic E-state index is 11.1. The summed E-state index contributed by atoms with van der Waals surface area (Å²) in [6.07, 6.45) is -1.02. The minimum Gasteiger partial charge on any atom is -0.388 e. The lowest BCUT2D eigenvalue weighted by Gasteiger charge is -2.30. The van der Waals surface area contributed by atoms with Crippen molar-refractivity contribution in [3.05, 3.63) is 108 Å². The molecule has 3 aromatic carbocycles. The molecule has 5 heteroatoms. The molecule has 5 atom stereocenters. The van der Waals surface area contributed by atoms with Gasteiger partial charge in [-0.3, -0.25) is 0 Å². The fourth-order valence-corrected chi connectivity index (χ4v) is 4.68. The molecule has 1 saturated carbocycles. The van der Waals surface area contributed by atoms with Gasteiger partial charge in [0.05, 0.1) is 44.7 Å². The van der Waals surface area contributed by atoms with Crippen molar-refractivity contribution < 1.29 is 24.1 Å². The molecule has 0 heterocycles. The molecule has 0 aromatic heterocycles. The Bertz CT molecular complexity index is 966. The molecule has 35 heavy (non-hydrogen) atoms. The van der Waals surface area contributed by atoms with Gasteiger partial charge in [0.15, 0.2) is 0 Å². The van der Waals surface area contributed by atoms with E-state index in [1.54, 1.807) is 0 Å². The van der Waals surface area contributed by atoms with E-state index in [2.05, 4.69) is 24.3 Å². The summed E-state index contributed by atoms with van der Waals surface area (Å²) in [5, 5.41) is 11.1. The van der Waals surface area contributed by atoms with Gasteiger partial charge < -0.3 is 24.1 Å². The molecule has 5 nitrogen and oxygen atoms in total. The van der Waals surface area contributed by atoms with Gasteiger partial charge in [-0.15, -0.1) is 0 Å². The van der Waals surface area contributed by atoms with E-state index in [0.717, 1.165) is 16.7 Å². The highest BCUT2D eigenvalue weighted by Crippen LogP contribution is 2.36. The van der Waals surface area contributed by atoms with E-state index in [4.69, 9.17) is 18.9 Å². The van der Waals surface area contributed by atoms with Crippen LogP contribution in [0.25, 0.3) is 0 Å². The van der Waals surface area contributed by atoms with Crippen LogP contribution in [0.15, 0.2) is 91.0 Å². The number of benzene rings is 3. The largest absolute Gasteiger partial charge is 0.388 e. The van der Waals surface area contributed by atoms with Gasteiger partial charge >= 0.3 is 0 Å². The number of aliphatic hydroxyl groups excluding tert-OH is 1. The maximum atomic E-state index is 11.1. The smallest absolute Gasteiger partial charge is 0.107 e. The van der Waals surface area contributed by atoms with Gasteiger partial charge in [0.25, 0.3) is 0 Å². The van der Waals surface area contributed by atoms with Crippen molar-refractivity contribution in [3.63, 3.8) is 0 Å². The molecule has 0 spiro atoms. The Labute approximate surface area is 208 Å². The van der Waals surface area contributed by atoms with E-state index in [1.165, 1.54) is 0 Å². The Kier molecular flexibility index (Phi) is 9.87. The molecule has 4 rings (SSSR count). The summed E-state index contributed by atoms with van der Waals surface area (Å²) in [5.41, 5.74) is 3.28. The highest BCUT2D eigenvalue weighted by Gasteiger charge is 2.47. The topological polar surface area (TPSA) is 57.2 Å². The number of hydrogen-bond acceptors (Lipinski definition) is 5. The van der Waals surface area contributed by atoms with E-state index in [0.29, 0.717) is 39.5 Å². The molecular formula is C30H36O5. The van der Waals surface area contributed by atoms with Crippen LogP contribution in [0.5, 0.6) is 0 Å². The standard InChI is InChI=1S/C30H36O5/c1-2-33-27-18-26(30(29(27)31)35-21-25-16-10-5-11-17-25)28(34-20-24-14-8-4-9-15-24)22-32-19-23-12-6-3-7-13-23/h3-17,26-31H,2,18-22H2,1H3/t26-,27+,28+,29-,30-/m0/s1. The van der Waals surface area contributed by atoms with Crippen LogP contribution < -0.4 is 0 Å². The summed E-state index contributed by atoms with van der Waals surface area (Å²) < 4.78 is 24.8. The van der Waals surface area contributed by atoms with Crippen LogP contribution in [0.4, 0.5) is 0 Å². The zero-order valence-electron chi connectivity index (χ0n) is 20.4. The molecule has 1 N–H and O–H groups in total. The van der Waals surface area contributed by atoms with E-state index in [1.807, 2.05) is 73.7 Å². The molecule has 1 aliphatic carbocycles. The maximum Gasteiger partial charge on any atom is 0.107 e. The minimum absolute atomic E-state index is 0.0650. The molecule has 0 saturated heterocycles. The van der Waals surface area contributed by atoms with Crippen molar-refractivity contribution in [2.45, 2.75) is 57.6 Å². The predicted molar refractivity (Wildman–Crippen MR) is 136 cm³/mol. The van der Waals surface area contributed by atoms with Gasteiger partial charge in [0.2, 0.25) is 0 Å². The average Bonchev–Trinajstić information content (AvgIpc) is 3.21.